The lowest BCUT2D eigenvalue weighted by Gasteiger charge is -2.08. The second kappa shape index (κ2) is 3.36. The number of nitrogens with zero attached hydrogens (tertiary/aromatic N) is 2. The highest BCUT2D eigenvalue weighted by Crippen LogP contribution is 2.22. The van der Waals surface area contributed by atoms with Crippen molar-refractivity contribution < 1.29 is 0 Å². The molecule has 0 fully saturated rings. The fraction of sp³-hybridized carbons (Fsp3) is 0.571. The molecular weight excluding hydrogens is 206 g/mol. The van der Waals surface area contributed by atoms with Crippen LogP contribution in [0.2, 0.25) is 0 Å². The zero-order valence-electron chi connectivity index (χ0n) is 6.71. The SMILES string of the molecule is CC(CN)c1c(Br)cnn1C. The number of hydrogen-bond acceptors (Lipinski definition) is 2. The highest BCUT2D eigenvalue weighted by molar-refractivity contribution is 9.10. The molecule has 0 spiro atoms. The molecule has 4 heteroatoms. The Hall–Kier alpha value is -0.350. The molecule has 1 heterocycles. The van der Waals surface area contributed by atoms with Gasteiger partial charge in [0.25, 0.3) is 0 Å². The molecule has 1 aromatic rings. The Balaban J connectivity index is 3.00. The van der Waals surface area contributed by atoms with Crippen LogP contribution in [0.15, 0.2) is 10.7 Å². The summed E-state index contributed by atoms with van der Waals surface area (Å²) in [7, 11) is 1.92. The highest BCUT2D eigenvalue weighted by atomic mass is 79.9. The van der Waals surface area contributed by atoms with Gasteiger partial charge < -0.3 is 5.73 Å². The third kappa shape index (κ3) is 1.62. The van der Waals surface area contributed by atoms with Gasteiger partial charge in [-0.05, 0) is 15.9 Å². The first kappa shape index (κ1) is 8.74. The Bertz CT molecular complexity index is 224. The molecular formula is C7H12BrN3. The Morgan fingerprint density at radius 1 is 1.82 bits per heavy atom. The standard InChI is InChI=1S/C7H12BrN3/c1-5(3-9)7-6(8)4-10-11(7)2/h4-5H,3,9H2,1-2H3. The summed E-state index contributed by atoms with van der Waals surface area (Å²) in [5.41, 5.74) is 6.70. The summed E-state index contributed by atoms with van der Waals surface area (Å²) < 4.78 is 2.89. The van der Waals surface area contributed by atoms with E-state index in [0.29, 0.717) is 12.5 Å². The Labute approximate surface area is 74.7 Å². The minimum atomic E-state index is 0.358. The van der Waals surface area contributed by atoms with E-state index < -0.39 is 0 Å². The van der Waals surface area contributed by atoms with Gasteiger partial charge in [-0.25, -0.2) is 0 Å². The number of nitrogens with two attached hydrogens (primary N) is 1. The first-order chi connectivity index (χ1) is 5.16. The Morgan fingerprint density at radius 2 is 2.45 bits per heavy atom. The van der Waals surface area contributed by atoms with Gasteiger partial charge in [-0.15, -0.1) is 0 Å². The molecule has 1 rings (SSSR count). The maximum absolute atomic E-state index is 5.54. The fourth-order valence-electron chi connectivity index (χ4n) is 1.09. The molecule has 2 N–H and O–H groups in total. The largest absolute Gasteiger partial charge is 0.330 e. The molecule has 0 amide bonds. The topological polar surface area (TPSA) is 43.8 Å². The van der Waals surface area contributed by atoms with Crippen molar-refractivity contribution in [2.24, 2.45) is 12.8 Å². The second-order valence-corrected chi connectivity index (χ2v) is 3.49. The van der Waals surface area contributed by atoms with E-state index in [-0.39, 0.29) is 0 Å². The summed E-state index contributed by atoms with van der Waals surface area (Å²) in [6, 6.07) is 0. The average molecular weight is 218 g/mol. The number of aromatic nitrogens is 2. The van der Waals surface area contributed by atoms with Crippen LogP contribution in [-0.2, 0) is 7.05 Å². The summed E-state index contributed by atoms with van der Waals surface area (Å²) in [4.78, 5) is 0. The van der Waals surface area contributed by atoms with E-state index in [1.54, 1.807) is 6.20 Å². The van der Waals surface area contributed by atoms with Crippen LogP contribution >= 0.6 is 15.9 Å². The van der Waals surface area contributed by atoms with Crippen molar-refractivity contribution in [3.8, 4) is 0 Å². The number of rotatable bonds is 2. The van der Waals surface area contributed by atoms with Crippen molar-refractivity contribution in [3.05, 3.63) is 16.4 Å². The van der Waals surface area contributed by atoms with Gasteiger partial charge in [0.2, 0.25) is 0 Å². The van der Waals surface area contributed by atoms with Gasteiger partial charge in [0.15, 0.2) is 0 Å². The molecule has 0 saturated carbocycles. The van der Waals surface area contributed by atoms with Crippen molar-refractivity contribution >= 4 is 15.9 Å². The predicted molar refractivity (Wildman–Crippen MR) is 48.4 cm³/mol. The second-order valence-electron chi connectivity index (χ2n) is 2.64. The maximum Gasteiger partial charge on any atom is 0.0635 e. The van der Waals surface area contributed by atoms with E-state index in [1.165, 1.54) is 0 Å². The molecule has 3 nitrogen and oxygen atoms in total. The molecule has 1 aromatic heterocycles. The molecule has 11 heavy (non-hydrogen) atoms. The van der Waals surface area contributed by atoms with E-state index in [1.807, 2.05) is 11.7 Å². The van der Waals surface area contributed by atoms with E-state index in [4.69, 9.17) is 5.73 Å². The summed E-state index contributed by atoms with van der Waals surface area (Å²) in [6.45, 7) is 2.74. The lowest BCUT2D eigenvalue weighted by atomic mass is 10.1. The quantitative estimate of drug-likeness (QED) is 0.811. The first-order valence-electron chi connectivity index (χ1n) is 3.54. The predicted octanol–water partition coefficient (Wildman–Crippen LogP) is 1.24. The van der Waals surface area contributed by atoms with Gasteiger partial charge in [-0.2, -0.15) is 5.10 Å². The van der Waals surface area contributed by atoms with E-state index in [0.717, 1.165) is 10.2 Å². The normalized spacial score (nSPS) is 13.5. The van der Waals surface area contributed by atoms with Crippen LogP contribution in [0.3, 0.4) is 0 Å². The van der Waals surface area contributed by atoms with Gasteiger partial charge in [-0.1, -0.05) is 6.92 Å². The molecule has 0 aliphatic heterocycles. The summed E-state index contributed by atoms with van der Waals surface area (Å²) in [6.07, 6.45) is 1.79. The van der Waals surface area contributed by atoms with Gasteiger partial charge in [0.1, 0.15) is 0 Å². The van der Waals surface area contributed by atoms with Gasteiger partial charge >= 0.3 is 0 Å². The first-order valence-corrected chi connectivity index (χ1v) is 4.33. The molecule has 0 aliphatic carbocycles. The number of aryl methyl sites for hydroxylation is 1. The average Bonchev–Trinajstić information content (AvgIpc) is 2.30. The van der Waals surface area contributed by atoms with Crippen LogP contribution < -0.4 is 5.73 Å². The third-order valence-corrected chi connectivity index (χ3v) is 2.37. The molecule has 1 atom stereocenters. The van der Waals surface area contributed by atoms with Crippen LogP contribution in [0.5, 0.6) is 0 Å². The zero-order valence-corrected chi connectivity index (χ0v) is 8.30. The van der Waals surface area contributed by atoms with E-state index in [9.17, 15) is 0 Å². The van der Waals surface area contributed by atoms with Crippen molar-refractivity contribution in [3.63, 3.8) is 0 Å². The van der Waals surface area contributed by atoms with Crippen molar-refractivity contribution in [1.29, 1.82) is 0 Å². The fourth-order valence-corrected chi connectivity index (χ4v) is 1.83. The minimum Gasteiger partial charge on any atom is -0.330 e. The Morgan fingerprint density at radius 3 is 2.82 bits per heavy atom. The molecule has 62 valence electrons. The molecule has 0 aromatic carbocycles. The highest BCUT2D eigenvalue weighted by Gasteiger charge is 2.11. The van der Waals surface area contributed by atoms with Crippen molar-refractivity contribution in [2.45, 2.75) is 12.8 Å². The van der Waals surface area contributed by atoms with Gasteiger partial charge in [0, 0.05) is 19.5 Å². The van der Waals surface area contributed by atoms with Crippen LogP contribution in [-0.4, -0.2) is 16.3 Å². The summed E-state index contributed by atoms with van der Waals surface area (Å²) in [5.74, 6) is 0.358. The molecule has 0 saturated heterocycles. The van der Waals surface area contributed by atoms with E-state index >= 15 is 0 Å². The van der Waals surface area contributed by atoms with Crippen LogP contribution in [0, 0.1) is 0 Å². The summed E-state index contributed by atoms with van der Waals surface area (Å²) in [5, 5.41) is 4.10. The zero-order chi connectivity index (χ0) is 8.43. The summed E-state index contributed by atoms with van der Waals surface area (Å²) >= 11 is 3.42. The lowest BCUT2D eigenvalue weighted by molar-refractivity contribution is 0.641. The maximum atomic E-state index is 5.54. The number of halogens is 1. The smallest absolute Gasteiger partial charge is 0.0635 e. The molecule has 0 bridgehead atoms. The number of hydrogen-bond donors (Lipinski definition) is 1. The van der Waals surface area contributed by atoms with Gasteiger partial charge in [-0.3, -0.25) is 4.68 Å². The molecule has 0 radical (unpaired) electrons. The third-order valence-electron chi connectivity index (χ3n) is 1.76. The molecule has 0 aliphatic rings. The lowest BCUT2D eigenvalue weighted by Crippen LogP contribution is -2.13. The molecule has 1 unspecified atom stereocenters. The Kier molecular flexibility index (Phi) is 2.67. The van der Waals surface area contributed by atoms with Crippen LogP contribution in [0.25, 0.3) is 0 Å². The van der Waals surface area contributed by atoms with Crippen molar-refractivity contribution in [1.82, 2.24) is 9.78 Å². The van der Waals surface area contributed by atoms with Crippen molar-refractivity contribution in [2.75, 3.05) is 6.54 Å². The van der Waals surface area contributed by atoms with Crippen LogP contribution in [0.4, 0.5) is 0 Å². The minimum absolute atomic E-state index is 0.358. The monoisotopic (exact) mass is 217 g/mol. The van der Waals surface area contributed by atoms with Gasteiger partial charge in [0.05, 0.1) is 16.4 Å². The van der Waals surface area contributed by atoms with Crippen LogP contribution in [0.1, 0.15) is 18.5 Å². The van der Waals surface area contributed by atoms with E-state index in [2.05, 4.69) is 28.0 Å².